The zero-order valence-electron chi connectivity index (χ0n) is 12.3. The van der Waals surface area contributed by atoms with Crippen molar-refractivity contribution in [2.75, 3.05) is 0 Å². The number of ether oxygens (including phenoxy) is 2. The molecule has 7 heteroatoms. The predicted molar refractivity (Wildman–Crippen MR) is 77.6 cm³/mol. The SMILES string of the molecule is CC(=O)Oc1ccc(C2(C(N)=O)C3C=CC(O3)C2C(=O)O)cc1. The fraction of sp³-hybridized carbons (Fsp3) is 0.312. The van der Waals surface area contributed by atoms with Crippen LogP contribution in [0.4, 0.5) is 0 Å². The van der Waals surface area contributed by atoms with Crippen LogP contribution < -0.4 is 10.5 Å². The first-order valence-electron chi connectivity index (χ1n) is 7.03. The first kappa shape index (κ1) is 15.2. The molecule has 0 radical (unpaired) electrons. The maximum atomic E-state index is 12.3. The maximum Gasteiger partial charge on any atom is 0.311 e. The van der Waals surface area contributed by atoms with E-state index in [4.69, 9.17) is 15.2 Å². The highest BCUT2D eigenvalue weighted by Gasteiger charge is 2.65. The number of amides is 1. The third-order valence-corrected chi connectivity index (χ3v) is 4.31. The molecule has 3 N–H and O–H groups in total. The number of benzene rings is 1. The van der Waals surface area contributed by atoms with Crippen LogP contribution in [0, 0.1) is 5.92 Å². The van der Waals surface area contributed by atoms with Gasteiger partial charge in [-0.05, 0) is 17.7 Å². The van der Waals surface area contributed by atoms with Crippen LogP contribution in [-0.2, 0) is 24.5 Å². The number of esters is 1. The second kappa shape index (κ2) is 5.20. The van der Waals surface area contributed by atoms with Crippen LogP contribution in [0.5, 0.6) is 5.75 Å². The average Bonchev–Trinajstić information content (AvgIpc) is 3.06. The molecule has 7 nitrogen and oxygen atoms in total. The smallest absolute Gasteiger partial charge is 0.311 e. The summed E-state index contributed by atoms with van der Waals surface area (Å²) in [5.41, 5.74) is 4.53. The molecule has 0 saturated carbocycles. The van der Waals surface area contributed by atoms with Crippen LogP contribution in [0.25, 0.3) is 0 Å². The van der Waals surface area contributed by atoms with Gasteiger partial charge in [0.15, 0.2) is 0 Å². The van der Waals surface area contributed by atoms with Gasteiger partial charge in [-0.3, -0.25) is 14.4 Å². The van der Waals surface area contributed by atoms with Gasteiger partial charge in [-0.2, -0.15) is 0 Å². The summed E-state index contributed by atoms with van der Waals surface area (Å²) in [7, 11) is 0. The second-order valence-corrected chi connectivity index (χ2v) is 5.57. The molecule has 2 aliphatic heterocycles. The summed E-state index contributed by atoms with van der Waals surface area (Å²) in [5, 5.41) is 9.56. The monoisotopic (exact) mass is 317 g/mol. The van der Waals surface area contributed by atoms with E-state index in [0.29, 0.717) is 11.3 Å². The molecule has 2 aliphatic rings. The Morgan fingerprint density at radius 3 is 2.39 bits per heavy atom. The summed E-state index contributed by atoms with van der Waals surface area (Å²) in [4.78, 5) is 34.9. The molecule has 4 unspecified atom stereocenters. The van der Waals surface area contributed by atoms with Crippen LogP contribution >= 0.6 is 0 Å². The number of hydrogen-bond acceptors (Lipinski definition) is 5. The molecule has 1 saturated heterocycles. The first-order chi connectivity index (χ1) is 10.9. The largest absolute Gasteiger partial charge is 0.481 e. The summed E-state index contributed by atoms with van der Waals surface area (Å²) in [6.07, 6.45) is 1.87. The van der Waals surface area contributed by atoms with Crippen molar-refractivity contribution in [3.05, 3.63) is 42.0 Å². The normalized spacial score (nSPS) is 31.1. The van der Waals surface area contributed by atoms with Crippen LogP contribution in [0.1, 0.15) is 12.5 Å². The van der Waals surface area contributed by atoms with E-state index in [1.807, 2.05) is 0 Å². The second-order valence-electron chi connectivity index (χ2n) is 5.57. The molecule has 2 bridgehead atoms. The minimum atomic E-state index is -1.49. The van der Waals surface area contributed by atoms with Gasteiger partial charge in [0.2, 0.25) is 5.91 Å². The highest BCUT2D eigenvalue weighted by molar-refractivity contribution is 5.95. The van der Waals surface area contributed by atoms with E-state index in [2.05, 4.69) is 0 Å². The van der Waals surface area contributed by atoms with Gasteiger partial charge in [-0.25, -0.2) is 0 Å². The number of fused-ring (bicyclic) bond motifs is 2. The topological polar surface area (TPSA) is 116 Å². The van der Waals surface area contributed by atoms with Gasteiger partial charge in [0.25, 0.3) is 0 Å². The zero-order valence-corrected chi connectivity index (χ0v) is 12.3. The molecule has 1 fully saturated rings. The Balaban J connectivity index is 2.08. The minimum absolute atomic E-state index is 0.298. The third-order valence-electron chi connectivity index (χ3n) is 4.31. The number of rotatable bonds is 4. The molecule has 1 aromatic rings. The van der Waals surface area contributed by atoms with Gasteiger partial charge >= 0.3 is 11.9 Å². The molecule has 1 aromatic carbocycles. The number of primary amides is 1. The maximum absolute atomic E-state index is 12.3. The lowest BCUT2D eigenvalue weighted by Crippen LogP contribution is -2.55. The van der Waals surface area contributed by atoms with Gasteiger partial charge in [0.1, 0.15) is 17.1 Å². The van der Waals surface area contributed by atoms with Crippen LogP contribution in [0.15, 0.2) is 36.4 Å². The van der Waals surface area contributed by atoms with E-state index in [9.17, 15) is 19.5 Å². The Labute approximate surface area is 131 Å². The Morgan fingerprint density at radius 1 is 1.22 bits per heavy atom. The molecule has 120 valence electrons. The molecular weight excluding hydrogens is 302 g/mol. The van der Waals surface area contributed by atoms with Crippen molar-refractivity contribution in [1.29, 1.82) is 0 Å². The quantitative estimate of drug-likeness (QED) is 0.471. The fourth-order valence-electron chi connectivity index (χ4n) is 3.43. The van der Waals surface area contributed by atoms with Crippen LogP contribution in [-0.4, -0.2) is 35.2 Å². The summed E-state index contributed by atoms with van der Waals surface area (Å²) >= 11 is 0. The van der Waals surface area contributed by atoms with Crippen molar-refractivity contribution < 1.29 is 29.0 Å². The average molecular weight is 317 g/mol. The lowest BCUT2D eigenvalue weighted by Gasteiger charge is -2.35. The summed E-state index contributed by atoms with van der Waals surface area (Å²) < 4.78 is 10.5. The Kier molecular flexibility index (Phi) is 3.45. The number of aliphatic carboxylic acids is 1. The number of carbonyl (C=O) groups is 3. The number of carbonyl (C=O) groups excluding carboxylic acids is 2. The first-order valence-corrected chi connectivity index (χ1v) is 7.03. The lowest BCUT2D eigenvalue weighted by atomic mass is 9.64. The molecule has 0 aliphatic carbocycles. The molecule has 4 atom stereocenters. The molecular formula is C16H15NO6. The molecule has 23 heavy (non-hydrogen) atoms. The fourth-order valence-corrected chi connectivity index (χ4v) is 3.43. The highest BCUT2D eigenvalue weighted by Crippen LogP contribution is 2.50. The van der Waals surface area contributed by atoms with Gasteiger partial charge in [-0.1, -0.05) is 24.3 Å². The third kappa shape index (κ3) is 2.12. The highest BCUT2D eigenvalue weighted by atomic mass is 16.5. The minimum Gasteiger partial charge on any atom is -0.481 e. The standard InChI is InChI=1S/C16H15NO6/c1-8(18)22-10-4-2-9(3-5-10)16(15(17)21)12-7-6-11(23-12)13(16)14(19)20/h2-7,11-13H,1H3,(H2,17,21)(H,19,20). The van der Waals surface area contributed by atoms with E-state index >= 15 is 0 Å². The van der Waals surface area contributed by atoms with Crippen molar-refractivity contribution in [2.24, 2.45) is 11.7 Å². The molecule has 3 rings (SSSR count). The predicted octanol–water partition coefficient (Wildman–Crippen LogP) is 0.373. The molecule has 2 heterocycles. The van der Waals surface area contributed by atoms with Gasteiger partial charge < -0.3 is 20.3 Å². The Bertz CT molecular complexity index is 710. The van der Waals surface area contributed by atoms with Crippen molar-refractivity contribution in [2.45, 2.75) is 24.5 Å². The van der Waals surface area contributed by atoms with E-state index in [1.165, 1.54) is 31.2 Å². The van der Waals surface area contributed by atoms with E-state index < -0.39 is 41.4 Å². The van der Waals surface area contributed by atoms with E-state index in [1.54, 1.807) is 12.2 Å². The summed E-state index contributed by atoms with van der Waals surface area (Å²) in [5.74, 6) is -3.19. The van der Waals surface area contributed by atoms with Crippen molar-refractivity contribution in [1.82, 2.24) is 0 Å². The van der Waals surface area contributed by atoms with Gasteiger partial charge in [-0.15, -0.1) is 0 Å². The molecule has 0 spiro atoms. The van der Waals surface area contributed by atoms with Gasteiger partial charge in [0.05, 0.1) is 12.2 Å². The Morgan fingerprint density at radius 2 is 1.87 bits per heavy atom. The molecule has 0 aromatic heterocycles. The van der Waals surface area contributed by atoms with Crippen molar-refractivity contribution in [3.63, 3.8) is 0 Å². The number of hydrogen-bond donors (Lipinski definition) is 2. The zero-order chi connectivity index (χ0) is 16.8. The van der Waals surface area contributed by atoms with Crippen molar-refractivity contribution >= 4 is 17.8 Å². The molecule has 1 amide bonds. The van der Waals surface area contributed by atoms with Crippen LogP contribution in [0.3, 0.4) is 0 Å². The Hall–Kier alpha value is -2.67. The summed E-state index contributed by atoms with van der Waals surface area (Å²) in [6, 6.07) is 6.07. The number of carboxylic acid groups (broad SMARTS) is 1. The summed E-state index contributed by atoms with van der Waals surface area (Å²) in [6.45, 7) is 1.27. The van der Waals surface area contributed by atoms with E-state index in [0.717, 1.165) is 0 Å². The number of nitrogens with two attached hydrogens (primary N) is 1. The lowest BCUT2D eigenvalue weighted by molar-refractivity contribution is -0.147. The van der Waals surface area contributed by atoms with Crippen molar-refractivity contribution in [3.8, 4) is 5.75 Å². The van der Waals surface area contributed by atoms with Gasteiger partial charge in [0, 0.05) is 6.92 Å². The van der Waals surface area contributed by atoms with Crippen LogP contribution in [0.2, 0.25) is 0 Å². The van der Waals surface area contributed by atoms with E-state index in [-0.39, 0.29) is 0 Å². The number of carboxylic acids is 1.